The molecule has 0 spiro atoms. The summed E-state index contributed by atoms with van der Waals surface area (Å²) < 4.78 is 0. The fraction of sp³-hybridized carbons (Fsp3) is 0.200. The summed E-state index contributed by atoms with van der Waals surface area (Å²) >= 11 is 19.5. The third kappa shape index (κ3) is 2.65. The molecule has 0 saturated heterocycles. The SMILES string of the molecule is Cc1sc2nc(C(C)Cl)[nH]c(=O)c2c1-c1ccc(Cl)c(Cl)c1. The average Bonchev–Trinajstić information content (AvgIpc) is 2.78. The van der Waals surface area contributed by atoms with E-state index in [2.05, 4.69) is 9.97 Å². The molecule has 0 amide bonds. The van der Waals surface area contributed by atoms with E-state index < -0.39 is 0 Å². The molecule has 2 heterocycles. The molecule has 0 fully saturated rings. The van der Waals surface area contributed by atoms with E-state index in [1.54, 1.807) is 19.1 Å². The zero-order chi connectivity index (χ0) is 16.0. The van der Waals surface area contributed by atoms with Crippen molar-refractivity contribution in [3.63, 3.8) is 0 Å². The second kappa shape index (κ2) is 5.85. The van der Waals surface area contributed by atoms with E-state index in [0.29, 0.717) is 26.1 Å². The number of rotatable bonds is 2. The van der Waals surface area contributed by atoms with Gasteiger partial charge < -0.3 is 4.98 Å². The van der Waals surface area contributed by atoms with Crippen LogP contribution in [-0.2, 0) is 0 Å². The number of H-pyrrole nitrogens is 1. The number of aromatic nitrogens is 2. The molecule has 1 N–H and O–H groups in total. The van der Waals surface area contributed by atoms with Crippen LogP contribution in [0.15, 0.2) is 23.0 Å². The maximum absolute atomic E-state index is 12.5. The highest BCUT2D eigenvalue weighted by molar-refractivity contribution is 7.19. The van der Waals surface area contributed by atoms with Gasteiger partial charge in [-0.2, -0.15) is 0 Å². The summed E-state index contributed by atoms with van der Waals surface area (Å²) in [5.74, 6) is 0.473. The molecule has 0 bridgehead atoms. The van der Waals surface area contributed by atoms with Gasteiger partial charge in [-0.05, 0) is 31.5 Å². The first kappa shape index (κ1) is 15.8. The highest BCUT2D eigenvalue weighted by Crippen LogP contribution is 2.38. The van der Waals surface area contributed by atoms with E-state index in [1.165, 1.54) is 11.3 Å². The number of aryl methyl sites for hydroxylation is 1. The summed E-state index contributed by atoms with van der Waals surface area (Å²) in [6, 6.07) is 5.33. The molecule has 114 valence electrons. The van der Waals surface area contributed by atoms with Gasteiger partial charge in [0.1, 0.15) is 10.7 Å². The van der Waals surface area contributed by atoms with Gasteiger partial charge in [0.2, 0.25) is 0 Å². The van der Waals surface area contributed by atoms with Gasteiger partial charge in [-0.25, -0.2) is 4.98 Å². The van der Waals surface area contributed by atoms with Gasteiger partial charge >= 0.3 is 0 Å². The zero-order valence-corrected chi connectivity index (χ0v) is 14.8. The normalized spacial score (nSPS) is 12.8. The van der Waals surface area contributed by atoms with Crippen LogP contribution >= 0.6 is 46.1 Å². The van der Waals surface area contributed by atoms with Crippen molar-refractivity contribution in [1.82, 2.24) is 9.97 Å². The molecule has 0 aliphatic rings. The second-order valence-corrected chi connectivity index (χ2v) is 7.58. The molecule has 3 aromatic rings. The number of hydrogen-bond acceptors (Lipinski definition) is 3. The first-order valence-corrected chi connectivity index (χ1v) is 8.52. The summed E-state index contributed by atoms with van der Waals surface area (Å²) in [5.41, 5.74) is 1.48. The molecule has 0 radical (unpaired) electrons. The minimum Gasteiger partial charge on any atom is -0.309 e. The predicted molar refractivity (Wildman–Crippen MR) is 94.7 cm³/mol. The first-order valence-electron chi connectivity index (χ1n) is 6.51. The van der Waals surface area contributed by atoms with E-state index in [1.807, 2.05) is 13.0 Å². The number of alkyl halides is 1. The molecule has 1 atom stereocenters. The lowest BCUT2D eigenvalue weighted by Crippen LogP contribution is -2.11. The third-order valence-corrected chi connectivity index (χ3v) is 5.29. The molecule has 0 saturated carbocycles. The Morgan fingerprint density at radius 3 is 2.64 bits per heavy atom. The van der Waals surface area contributed by atoms with Crippen LogP contribution in [0.2, 0.25) is 10.0 Å². The van der Waals surface area contributed by atoms with Crippen LogP contribution < -0.4 is 5.56 Å². The lowest BCUT2D eigenvalue weighted by Gasteiger charge is -2.05. The van der Waals surface area contributed by atoms with Crippen molar-refractivity contribution in [2.24, 2.45) is 0 Å². The Kier molecular flexibility index (Phi) is 4.21. The van der Waals surface area contributed by atoms with Gasteiger partial charge in [0.25, 0.3) is 5.56 Å². The summed E-state index contributed by atoms with van der Waals surface area (Å²) in [7, 11) is 0. The number of thiophene rings is 1. The largest absolute Gasteiger partial charge is 0.309 e. The van der Waals surface area contributed by atoms with Crippen molar-refractivity contribution < 1.29 is 0 Å². The Morgan fingerprint density at radius 2 is 2.00 bits per heavy atom. The van der Waals surface area contributed by atoms with Crippen molar-refractivity contribution in [2.45, 2.75) is 19.2 Å². The predicted octanol–water partition coefficient (Wildman–Crippen LogP) is 5.57. The van der Waals surface area contributed by atoms with Gasteiger partial charge in [0.15, 0.2) is 0 Å². The average molecular weight is 374 g/mol. The van der Waals surface area contributed by atoms with Crippen LogP contribution in [0.25, 0.3) is 21.3 Å². The van der Waals surface area contributed by atoms with Gasteiger partial charge in [0, 0.05) is 10.4 Å². The molecular weight excluding hydrogens is 363 g/mol. The Bertz CT molecular complexity index is 930. The standard InChI is InChI=1S/C15H11Cl3N2OS/c1-6(16)13-19-14(21)12-11(7(2)22-15(12)20-13)8-3-4-9(17)10(18)5-8/h3-6H,1-2H3,(H,19,20,21). The molecule has 2 aromatic heterocycles. The molecule has 0 aliphatic heterocycles. The molecule has 7 heteroatoms. The molecule has 1 aromatic carbocycles. The van der Waals surface area contributed by atoms with Crippen LogP contribution in [0.5, 0.6) is 0 Å². The maximum Gasteiger partial charge on any atom is 0.260 e. The van der Waals surface area contributed by atoms with Gasteiger partial charge in [-0.1, -0.05) is 29.3 Å². The Morgan fingerprint density at radius 1 is 1.27 bits per heavy atom. The van der Waals surface area contributed by atoms with Crippen molar-refractivity contribution in [1.29, 1.82) is 0 Å². The molecular formula is C15H11Cl3N2OS. The number of fused-ring (bicyclic) bond motifs is 1. The van der Waals surface area contributed by atoms with Crippen molar-refractivity contribution in [3.8, 4) is 11.1 Å². The number of nitrogens with zero attached hydrogens (tertiary/aromatic N) is 1. The minimum absolute atomic E-state index is 0.196. The van der Waals surface area contributed by atoms with E-state index >= 15 is 0 Å². The Hall–Kier alpha value is -1.07. The van der Waals surface area contributed by atoms with Gasteiger partial charge in [-0.3, -0.25) is 4.79 Å². The van der Waals surface area contributed by atoms with Crippen LogP contribution in [0.1, 0.15) is 23.0 Å². The zero-order valence-electron chi connectivity index (χ0n) is 11.7. The summed E-state index contributed by atoms with van der Waals surface area (Å²) in [4.78, 5) is 21.3. The van der Waals surface area contributed by atoms with Crippen molar-refractivity contribution >= 4 is 56.4 Å². The summed E-state index contributed by atoms with van der Waals surface area (Å²) in [6.07, 6.45) is 0. The number of benzene rings is 1. The maximum atomic E-state index is 12.5. The van der Waals surface area contributed by atoms with Crippen LogP contribution in [-0.4, -0.2) is 9.97 Å². The van der Waals surface area contributed by atoms with Crippen molar-refractivity contribution in [3.05, 3.63) is 49.3 Å². The Labute approximate surface area is 145 Å². The van der Waals surface area contributed by atoms with E-state index in [-0.39, 0.29) is 10.9 Å². The van der Waals surface area contributed by atoms with Gasteiger partial charge in [0.05, 0.1) is 20.8 Å². The van der Waals surface area contributed by atoms with Crippen LogP contribution in [0.4, 0.5) is 0 Å². The summed E-state index contributed by atoms with van der Waals surface area (Å²) in [6.45, 7) is 3.72. The second-order valence-electron chi connectivity index (χ2n) is 4.91. The lowest BCUT2D eigenvalue weighted by molar-refractivity contribution is 0.917. The molecule has 3 rings (SSSR count). The number of halogens is 3. The molecule has 22 heavy (non-hydrogen) atoms. The first-order chi connectivity index (χ1) is 10.4. The molecule has 3 nitrogen and oxygen atoms in total. The van der Waals surface area contributed by atoms with E-state index in [9.17, 15) is 4.79 Å². The highest BCUT2D eigenvalue weighted by atomic mass is 35.5. The number of aromatic amines is 1. The van der Waals surface area contributed by atoms with E-state index in [0.717, 1.165) is 16.0 Å². The lowest BCUT2D eigenvalue weighted by atomic mass is 10.0. The van der Waals surface area contributed by atoms with Crippen LogP contribution in [0, 0.1) is 6.92 Å². The van der Waals surface area contributed by atoms with Crippen molar-refractivity contribution in [2.75, 3.05) is 0 Å². The Balaban J connectivity index is 2.32. The van der Waals surface area contributed by atoms with Gasteiger partial charge in [-0.15, -0.1) is 22.9 Å². The molecule has 0 aliphatic carbocycles. The molecule has 1 unspecified atom stereocenters. The van der Waals surface area contributed by atoms with E-state index in [4.69, 9.17) is 34.8 Å². The minimum atomic E-state index is -0.354. The number of nitrogens with one attached hydrogen (secondary N) is 1. The highest BCUT2D eigenvalue weighted by Gasteiger charge is 2.18. The monoisotopic (exact) mass is 372 g/mol. The fourth-order valence-electron chi connectivity index (χ4n) is 2.32. The summed E-state index contributed by atoms with van der Waals surface area (Å²) in [5, 5.41) is 1.14. The smallest absolute Gasteiger partial charge is 0.260 e. The fourth-order valence-corrected chi connectivity index (χ4v) is 3.78. The number of hydrogen-bond donors (Lipinski definition) is 1. The third-order valence-electron chi connectivity index (χ3n) is 3.34. The quantitative estimate of drug-likeness (QED) is 0.597. The van der Waals surface area contributed by atoms with Crippen LogP contribution in [0.3, 0.4) is 0 Å². The topological polar surface area (TPSA) is 45.8 Å².